The van der Waals surface area contributed by atoms with Crippen LogP contribution in [0.2, 0.25) is 0 Å². The highest BCUT2D eigenvalue weighted by molar-refractivity contribution is 5.97. The van der Waals surface area contributed by atoms with Crippen molar-refractivity contribution in [3.63, 3.8) is 0 Å². The largest absolute Gasteiger partial charge is 0.339 e. The van der Waals surface area contributed by atoms with E-state index in [9.17, 15) is 9.59 Å². The summed E-state index contributed by atoms with van der Waals surface area (Å²) in [6.07, 6.45) is 1.29. The van der Waals surface area contributed by atoms with Gasteiger partial charge in [0.2, 0.25) is 5.91 Å². The third-order valence-electron chi connectivity index (χ3n) is 5.70. The van der Waals surface area contributed by atoms with Gasteiger partial charge in [0.05, 0.1) is 0 Å². The van der Waals surface area contributed by atoms with E-state index in [0.717, 1.165) is 12.2 Å². The lowest BCUT2D eigenvalue weighted by atomic mass is 9.95. The summed E-state index contributed by atoms with van der Waals surface area (Å²) in [5, 5.41) is 8.05. The molecule has 2 aromatic rings. The SMILES string of the molecule is CC(C)C[C@@H](NC(=O)[C@@H]1Cc2ccccc2C[NH2+]1)C(=O)Nc1ccc(C(C)C)cc1. The molecule has 0 saturated heterocycles. The minimum absolute atomic E-state index is 0.0690. The van der Waals surface area contributed by atoms with E-state index in [1.165, 1.54) is 16.7 Å². The van der Waals surface area contributed by atoms with Gasteiger partial charge in [-0.2, -0.15) is 0 Å². The first kappa shape index (κ1) is 22.0. The van der Waals surface area contributed by atoms with Crippen LogP contribution in [0.15, 0.2) is 48.5 Å². The van der Waals surface area contributed by atoms with Crippen molar-refractivity contribution >= 4 is 17.5 Å². The number of hydrogen-bond acceptors (Lipinski definition) is 2. The molecule has 0 spiro atoms. The number of fused-ring (bicyclic) bond motifs is 1. The minimum atomic E-state index is -0.548. The second-order valence-electron chi connectivity index (χ2n) is 8.98. The van der Waals surface area contributed by atoms with E-state index >= 15 is 0 Å². The molecule has 1 aliphatic rings. The topological polar surface area (TPSA) is 74.8 Å². The molecule has 2 amide bonds. The van der Waals surface area contributed by atoms with E-state index in [2.05, 4.69) is 55.8 Å². The average Bonchev–Trinajstić information content (AvgIpc) is 2.72. The van der Waals surface area contributed by atoms with Gasteiger partial charge in [0.15, 0.2) is 6.04 Å². The number of carbonyl (C=O) groups is 2. The number of nitrogens with two attached hydrogens (primary N) is 1. The lowest BCUT2D eigenvalue weighted by molar-refractivity contribution is -0.695. The summed E-state index contributed by atoms with van der Waals surface area (Å²) in [6, 6.07) is 15.4. The van der Waals surface area contributed by atoms with Gasteiger partial charge < -0.3 is 16.0 Å². The van der Waals surface area contributed by atoms with Gasteiger partial charge >= 0.3 is 0 Å². The second kappa shape index (κ2) is 9.90. The average molecular weight is 409 g/mol. The lowest BCUT2D eigenvalue weighted by Gasteiger charge is -2.25. The maximum Gasteiger partial charge on any atom is 0.279 e. The standard InChI is InChI=1S/C25H33N3O2/c1-16(2)13-23(25(30)27-21-11-9-18(10-12-21)17(3)4)28-24(29)22-14-19-7-5-6-8-20(19)15-26-22/h5-12,16-17,22-23,26H,13-15H2,1-4H3,(H,27,30)(H,28,29)/p+1/t22-,23+/m0/s1. The molecule has 5 heteroatoms. The summed E-state index contributed by atoms with van der Waals surface area (Å²) in [5.74, 6) is 0.506. The van der Waals surface area contributed by atoms with Crippen molar-refractivity contribution in [2.45, 2.75) is 65.1 Å². The Morgan fingerprint density at radius 3 is 2.30 bits per heavy atom. The van der Waals surface area contributed by atoms with Gasteiger partial charge in [-0.05, 0) is 41.5 Å². The monoisotopic (exact) mass is 408 g/mol. The molecule has 0 aliphatic carbocycles. The molecule has 2 aromatic carbocycles. The fraction of sp³-hybridized carbons (Fsp3) is 0.440. The molecule has 4 N–H and O–H groups in total. The third-order valence-corrected chi connectivity index (χ3v) is 5.70. The van der Waals surface area contributed by atoms with Gasteiger partial charge in [0.25, 0.3) is 5.91 Å². The summed E-state index contributed by atoms with van der Waals surface area (Å²) in [5.41, 5.74) is 4.48. The van der Waals surface area contributed by atoms with E-state index in [-0.39, 0.29) is 17.9 Å². The van der Waals surface area contributed by atoms with Crippen molar-refractivity contribution in [3.8, 4) is 0 Å². The Labute approximate surface area is 179 Å². The van der Waals surface area contributed by atoms with E-state index in [1.807, 2.05) is 36.4 Å². The van der Waals surface area contributed by atoms with Crippen molar-refractivity contribution in [1.29, 1.82) is 0 Å². The Hall–Kier alpha value is -2.66. The molecule has 0 saturated carbocycles. The molecule has 0 radical (unpaired) electrons. The highest BCUT2D eigenvalue weighted by Crippen LogP contribution is 2.18. The van der Waals surface area contributed by atoms with E-state index in [4.69, 9.17) is 0 Å². The number of carbonyl (C=O) groups excluding carboxylic acids is 2. The number of anilines is 1. The van der Waals surface area contributed by atoms with Gasteiger partial charge in [-0.25, -0.2) is 0 Å². The van der Waals surface area contributed by atoms with Crippen LogP contribution in [0.4, 0.5) is 5.69 Å². The lowest BCUT2D eigenvalue weighted by Crippen LogP contribution is -2.93. The molecule has 0 aromatic heterocycles. The van der Waals surface area contributed by atoms with Crippen molar-refractivity contribution in [3.05, 3.63) is 65.2 Å². The molecular weight excluding hydrogens is 374 g/mol. The van der Waals surface area contributed by atoms with Gasteiger partial charge in [-0.15, -0.1) is 0 Å². The molecule has 3 rings (SSSR count). The van der Waals surface area contributed by atoms with Crippen molar-refractivity contribution in [2.75, 3.05) is 5.32 Å². The van der Waals surface area contributed by atoms with Gasteiger partial charge in [-0.3, -0.25) is 9.59 Å². The zero-order chi connectivity index (χ0) is 21.7. The Balaban J connectivity index is 1.65. The molecule has 30 heavy (non-hydrogen) atoms. The number of nitrogens with one attached hydrogen (secondary N) is 2. The Morgan fingerprint density at radius 1 is 1.00 bits per heavy atom. The van der Waals surface area contributed by atoms with Crippen LogP contribution in [0, 0.1) is 5.92 Å². The van der Waals surface area contributed by atoms with Crippen molar-refractivity contribution < 1.29 is 14.9 Å². The van der Waals surface area contributed by atoms with E-state index in [1.54, 1.807) is 0 Å². The van der Waals surface area contributed by atoms with E-state index in [0.29, 0.717) is 24.7 Å². The van der Waals surface area contributed by atoms with Crippen LogP contribution in [0.5, 0.6) is 0 Å². The molecule has 0 fully saturated rings. The number of rotatable bonds is 7. The Kier molecular flexibility index (Phi) is 7.27. The van der Waals surface area contributed by atoms with Gasteiger partial charge in [-0.1, -0.05) is 64.1 Å². The molecule has 0 unspecified atom stereocenters. The van der Waals surface area contributed by atoms with Crippen molar-refractivity contribution in [1.82, 2.24) is 5.32 Å². The maximum atomic E-state index is 13.0. The maximum absolute atomic E-state index is 13.0. The zero-order valence-corrected chi connectivity index (χ0v) is 18.4. The van der Waals surface area contributed by atoms with Gasteiger partial charge in [0.1, 0.15) is 12.6 Å². The molecular formula is C25H34N3O2+. The fourth-order valence-electron chi connectivity index (χ4n) is 3.91. The Morgan fingerprint density at radius 2 is 1.67 bits per heavy atom. The number of hydrogen-bond donors (Lipinski definition) is 3. The van der Waals surface area contributed by atoms with Crippen LogP contribution in [0.1, 0.15) is 56.7 Å². The predicted octanol–water partition coefficient (Wildman–Crippen LogP) is 2.97. The van der Waals surface area contributed by atoms with Crippen LogP contribution >= 0.6 is 0 Å². The van der Waals surface area contributed by atoms with Crippen LogP contribution in [0.25, 0.3) is 0 Å². The molecule has 5 nitrogen and oxygen atoms in total. The Bertz CT molecular complexity index is 874. The summed E-state index contributed by atoms with van der Waals surface area (Å²) >= 11 is 0. The zero-order valence-electron chi connectivity index (χ0n) is 18.4. The van der Waals surface area contributed by atoms with Crippen LogP contribution in [-0.2, 0) is 22.6 Å². The first-order chi connectivity index (χ1) is 14.3. The van der Waals surface area contributed by atoms with Crippen LogP contribution in [-0.4, -0.2) is 23.9 Å². The smallest absolute Gasteiger partial charge is 0.279 e. The second-order valence-corrected chi connectivity index (χ2v) is 8.98. The molecule has 1 heterocycles. The predicted molar refractivity (Wildman–Crippen MR) is 120 cm³/mol. The number of benzene rings is 2. The molecule has 0 bridgehead atoms. The number of amides is 2. The first-order valence-electron chi connectivity index (χ1n) is 10.9. The molecule has 1 aliphatic heterocycles. The highest BCUT2D eigenvalue weighted by atomic mass is 16.2. The van der Waals surface area contributed by atoms with Crippen LogP contribution in [0.3, 0.4) is 0 Å². The summed E-state index contributed by atoms with van der Waals surface area (Å²) in [7, 11) is 0. The fourth-order valence-corrected chi connectivity index (χ4v) is 3.91. The third kappa shape index (κ3) is 5.70. The molecule has 2 atom stereocenters. The summed E-state index contributed by atoms with van der Waals surface area (Å²) < 4.78 is 0. The molecule has 160 valence electrons. The number of quaternary nitrogens is 1. The summed E-state index contributed by atoms with van der Waals surface area (Å²) in [6.45, 7) is 9.20. The quantitative estimate of drug-likeness (QED) is 0.659. The first-order valence-corrected chi connectivity index (χ1v) is 10.9. The summed E-state index contributed by atoms with van der Waals surface area (Å²) in [4.78, 5) is 25.9. The highest BCUT2D eigenvalue weighted by Gasteiger charge is 2.31. The van der Waals surface area contributed by atoms with Crippen LogP contribution < -0.4 is 16.0 Å². The minimum Gasteiger partial charge on any atom is -0.339 e. The van der Waals surface area contributed by atoms with Gasteiger partial charge in [0, 0.05) is 17.7 Å². The normalized spacial score (nSPS) is 16.8. The van der Waals surface area contributed by atoms with E-state index < -0.39 is 6.04 Å². The van der Waals surface area contributed by atoms with Crippen molar-refractivity contribution in [2.24, 2.45) is 5.92 Å².